The lowest BCUT2D eigenvalue weighted by atomic mass is 9.96. The average Bonchev–Trinajstić information content (AvgIpc) is 3.07. The van der Waals surface area contributed by atoms with Crippen molar-refractivity contribution in [2.45, 2.75) is 70.2 Å². The summed E-state index contributed by atoms with van der Waals surface area (Å²) in [6, 6.07) is 6.48. The second kappa shape index (κ2) is 8.17. The fraction of sp³-hybridized carbons (Fsp3) is 0.550. The minimum atomic E-state index is -0.274. The van der Waals surface area contributed by atoms with Crippen LogP contribution in [-0.2, 0) is 17.9 Å². The molecular formula is C20H25FN4O2. The molecule has 6 nitrogen and oxygen atoms in total. The number of fused-ring (bicyclic) bond motifs is 1. The molecule has 144 valence electrons. The van der Waals surface area contributed by atoms with Crippen LogP contribution in [0.2, 0.25) is 0 Å². The fourth-order valence-electron chi connectivity index (χ4n) is 3.92. The van der Waals surface area contributed by atoms with Gasteiger partial charge in [0.05, 0.1) is 18.8 Å². The van der Waals surface area contributed by atoms with E-state index >= 15 is 0 Å². The van der Waals surface area contributed by atoms with Crippen LogP contribution in [0.5, 0.6) is 0 Å². The number of hydrogen-bond acceptors (Lipinski definition) is 4. The zero-order chi connectivity index (χ0) is 18.6. The van der Waals surface area contributed by atoms with Crippen LogP contribution >= 0.6 is 0 Å². The monoisotopic (exact) mass is 372 g/mol. The van der Waals surface area contributed by atoms with Crippen molar-refractivity contribution in [2.75, 3.05) is 0 Å². The fourth-order valence-corrected chi connectivity index (χ4v) is 3.92. The zero-order valence-electron chi connectivity index (χ0n) is 15.4. The molecule has 1 aliphatic carbocycles. The molecule has 4 rings (SSSR count). The number of halogens is 1. The highest BCUT2D eigenvalue weighted by atomic mass is 19.1. The molecule has 2 aromatic rings. The Morgan fingerprint density at radius 3 is 2.56 bits per heavy atom. The number of nitrogens with one attached hydrogen (secondary N) is 1. The van der Waals surface area contributed by atoms with E-state index in [4.69, 9.17) is 4.74 Å². The van der Waals surface area contributed by atoms with E-state index in [1.54, 1.807) is 16.8 Å². The Balaban J connectivity index is 1.43. The Kier molecular flexibility index (Phi) is 5.48. The molecule has 1 N–H and O–H groups in total. The molecule has 0 saturated heterocycles. The smallest absolute Gasteiger partial charge is 0.274 e. The maximum Gasteiger partial charge on any atom is 0.274 e. The molecular weight excluding hydrogens is 347 g/mol. The summed E-state index contributed by atoms with van der Waals surface area (Å²) in [7, 11) is 0. The number of carbonyl (C=O) groups is 1. The van der Waals surface area contributed by atoms with Crippen LogP contribution in [0.25, 0.3) is 0 Å². The summed E-state index contributed by atoms with van der Waals surface area (Å²) in [4.78, 5) is 12.7. The van der Waals surface area contributed by atoms with Crippen LogP contribution in [0, 0.1) is 5.82 Å². The maximum absolute atomic E-state index is 13.1. The molecule has 0 radical (unpaired) electrons. The van der Waals surface area contributed by atoms with Crippen LogP contribution in [-0.4, -0.2) is 26.9 Å². The molecule has 0 spiro atoms. The first-order valence-corrected chi connectivity index (χ1v) is 9.81. The molecule has 1 amide bonds. The van der Waals surface area contributed by atoms with Gasteiger partial charge >= 0.3 is 0 Å². The van der Waals surface area contributed by atoms with E-state index in [9.17, 15) is 9.18 Å². The number of nitrogens with zero attached hydrogens (tertiary/aromatic N) is 3. The largest absolute Gasteiger partial charge is 0.365 e. The van der Waals surface area contributed by atoms with E-state index < -0.39 is 0 Å². The third-order valence-corrected chi connectivity index (χ3v) is 5.49. The van der Waals surface area contributed by atoms with E-state index in [-0.39, 0.29) is 30.5 Å². The number of ether oxygens (including phenoxy) is 1. The molecule has 2 heterocycles. The molecule has 1 unspecified atom stereocenters. The van der Waals surface area contributed by atoms with Crippen LogP contribution in [0.4, 0.5) is 4.39 Å². The number of rotatable bonds is 3. The van der Waals surface area contributed by atoms with Crippen molar-refractivity contribution in [2.24, 2.45) is 0 Å². The summed E-state index contributed by atoms with van der Waals surface area (Å²) in [5.41, 5.74) is 1.95. The quantitative estimate of drug-likeness (QED) is 0.895. The van der Waals surface area contributed by atoms with Crippen LogP contribution in [0.15, 0.2) is 24.3 Å². The summed E-state index contributed by atoms with van der Waals surface area (Å²) in [6.07, 6.45) is 7.93. The number of amides is 1. The minimum absolute atomic E-state index is 0.161. The molecule has 1 aromatic carbocycles. The van der Waals surface area contributed by atoms with Crippen molar-refractivity contribution in [3.05, 3.63) is 47.0 Å². The summed E-state index contributed by atoms with van der Waals surface area (Å²) >= 11 is 0. The molecule has 1 aromatic heterocycles. The van der Waals surface area contributed by atoms with Gasteiger partial charge in [0.2, 0.25) is 0 Å². The van der Waals surface area contributed by atoms with E-state index in [0.29, 0.717) is 17.9 Å². The molecule has 1 aliphatic heterocycles. The third kappa shape index (κ3) is 4.18. The van der Waals surface area contributed by atoms with E-state index in [1.807, 2.05) is 0 Å². The number of hydrogen-bond donors (Lipinski definition) is 1. The lowest BCUT2D eigenvalue weighted by Crippen LogP contribution is -2.36. The predicted molar refractivity (Wildman–Crippen MR) is 97.5 cm³/mol. The van der Waals surface area contributed by atoms with Gasteiger partial charge in [-0.15, -0.1) is 5.10 Å². The lowest BCUT2D eigenvalue weighted by Gasteiger charge is -2.25. The standard InChI is InChI=1S/C20H25FN4O2/c21-15-10-8-14(9-11-15)18-12-25-17(13-27-18)19(23-24-25)20(26)22-16-6-4-2-1-3-5-7-16/h8-11,16,18H,1-7,12-13H2,(H,22,26). The van der Waals surface area contributed by atoms with Gasteiger partial charge in [-0.25, -0.2) is 9.07 Å². The Morgan fingerprint density at radius 1 is 1.11 bits per heavy atom. The highest BCUT2D eigenvalue weighted by molar-refractivity contribution is 5.93. The summed E-state index contributed by atoms with van der Waals surface area (Å²) < 4.78 is 20.7. The summed E-state index contributed by atoms with van der Waals surface area (Å²) in [5, 5.41) is 11.4. The van der Waals surface area contributed by atoms with Crippen LogP contribution < -0.4 is 5.32 Å². The van der Waals surface area contributed by atoms with Crippen molar-refractivity contribution in [3.63, 3.8) is 0 Å². The van der Waals surface area contributed by atoms with Gasteiger partial charge in [0.15, 0.2) is 5.69 Å². The van der Waals surface area contributed by atoms with Crippen molar-refractivity contribution >= 4 is 5.91 Å². The van der Waals surface area contributed by atoms with Gasteiger partial charge in [-0.05, 0) is 30.5 Å². The molecule has 0 bridgehead atoms. The van der Waals surface area contributed by atoms with Crippen LogP contribution in [0.1, 0.15) is 72.8 Å². The maximum atomic E-state index is 13.1. The van der Waals surface area contributed by atoms with Gasteiger partial charge in [-0.3, -0.25) is 4.79 Å². The van der Waals surface area contributed by atoms with Gasteiger partial charge < -0.3 is 10.1 Å². The van der Waals surface area contributed by atoms with Crippen molar-refractivity contribution in [1.29, 1.82) is 0 Å². The topological polar surface area (TPSA) is 69.0 Å². The van der Waals surface area contributed by atoms with Gasteiger partial charge in [0.25, 0.3) is 5.91 Å². The minimum Gasteiger partial charge on any atom is -0.365 e. The SMILES string of the molecule is O=C(NC1CCCCCCC1)c1nnn2c1COC(c1ccc(F)cc1)C2. The summed E-state index contributed by atoms with van der Waals surface area (Å²) in [6.45, 7) is 0.729. The average molecular weight is 372 g/mol. The second-order valence-electron chi connectivity index (χ2n) is 7.43. The zero-order valence-corrected chi connectivity index (χ0v) is 15.4. The van der Waals surface area contributed by atoms with E-state index in [2.05, 4.69) is 15.6 Å². The molecule has 1 saturated carbocycles. The molecule has 7 heteroatoms. The van der Waals surface area contributed by atoms with Gasteiger partial charge in [0, 0.05) is 6.04 Å². The Morgan fingerprint density at radius 2 is 1.81 bits per heavy atom. The van der Waals surface area contributed by atoms with Crippen molar-refractivity contribution in [1.82, 2.24) is 20.3 Å². The Bertz CT molecular complexity index is 782. The number of benzene rings is 1. The second-order valence-corrected chi connectivity index (χ2v) is 7.43. The molecule has 27 heavy (non-hydrogen) atoms. The van der Waals surface area contributed by atoms with Crippen LogP contribution in [0.3, 0.4) is 0 Å². The summed E-state index contributed by atoms with van der Waals surface area (Å²) in [5.74, 6) is -0.435. The normalized spacial score (nSPS) is 21.1. The van der Waals surface area contributed by atoms with Gasteiger partial charge in [0.1, 0.15) is 11.9 Å². The van der Waals surface area contributed by atoms with Crippen molar-refractivity contribution < 1.29 is 13.9 Å². The van der Waals surface area contributed by atoms with Gasteiger partial charge in [-0.2, -0.15) is 0 Å². The lowest BCUT2D eigenvalue weighted by molar-refractivity contribution is -0.00181. The Labute approximate surface area is 158 Å². The first kappa shape index (κ1) is 18.1. The van der Waals surface area contributed by atoms with E-state index in [0.717, 1.165) is 31.2 Å². The highest BCUT2D eigenvalue weighted by Crippen LogP contribution is 2.27. The Hall–Kier alpha value is -2.28. The third-order valence-electron chi connectivity index (χ3n) is 5.49. The van der Waals surface area contributed by atoms with Crippen molar-refractivity contribution in [3.8, 4) is 0 Å². The predicted octanol–water partition coefficient (Wildman–Crippen LogP) is 3.53. The highest BCUT2D eigenvalue weighted by Gasteiger charge is 2.28. The first-order chi connectivity index (χ1) is 13.2. The molecule has 1 fully saturated rings. The van der Waals surface area contributed by atoms with Gasteiger partial charge in [-0.1, -0.05) is 49.5 Å². The number of carbonyl (C=O) groups excluding carboxylic acids is 1. The number of aromatic nitrogens is 3. The molecule has 1 atom stereocenters. The first-order valence-electron chi connectivity index (χ1n) is 9.81. The molecule has 2 aliphatic rings. The van der Waals surface area contributed by atoms with E-state index in [1.165, 1.54) is 31.4 Å².